The van der Waals surface area contributed by atoms with Crippen molar-refractivity contribution in [3.63, 3.8) is 0 Å². The average molecular weight is 292 g/mol. The summed E-state index contributed by atoms with van der Waals surface area (Å²) < 4.78 is 11.5. The van der Waals surface area contributed by atoms with Gasteiger partial charge < -0.3 is 14.8 Å². The van der Waals surface area contributed by atoms with Crippen molar-refractivity contribution in [1.29, 1.82) is 0 Å². The van der Waals surface area contributed by atoms with Crippen molar-refractivity contribution in [3.8, 4) is 11.5 Å². The van der Waals surface area contributed by atoms with Crippen molar-refractivity contribution in [2.45, 2.75) is 32.7 Å². The van der Waals surface area contributed by atoms with Gasteiger partial charge in [0.15, 0.2) is 11.5 Å². The van der Waals surface area contributed by atoms with E-state index in [4.69, 9.17) is 9.47 Å². The van der Waals surface area contributed by atoms with E-state index >= 15 is 0 Å². The van der Waals surface area contributed by atoms with Gasteiger partial charge in [0.25, 0.3) is 0 Å². The zero-order chi connectivity index (χ0) is 14.9. The SMILES string of the molecule is CCCC1CNCCN1CCOc1ccccc1OCC. The van der Waals surface area contributed by atoms with Crippen molar-refractivity contribution in [2.75, 3.05) is 39.4 Å². The average Bonchev–Trinajstić information content (AvgIpc) is 2.51. The lowest BCUT2D eigenvalue weighted by molar-refractivity contribution is 0.125. The Kier molecular flexibility index (Phi) is 6.83. The van der Waals surface area contributed by atoms with Crippen LogP contribution in [-0.4, -0.2) is 50.3 Å². The first-order valence-corrected chi connectivity index (χ1v) is 8.14. The van der Waals surface area contributed by atoms with E-state index in [-0.39, 0.29) is 0 Å². The highest BCUT2D eigenvalue weighted by atomic mass is 16.5. The van der Waals surface area contributed by atoms with Crippen LogP contribution in [-0.2, 0) is 0 Å². The summed E-state index contributed by atoms with van der Waals surface area (Å²) in [6.45, 7) is 9.89. The summed E-state index contributed by atoms with van der Waals surface area (Å²) in [5.41, 5.74) is 0. The van der Waals surface area contributed by atoms with Gasteiger partial charge in [0.05, 0.1) is 6.61 Å². The second-order valence-corrected chi connectivity index (χ2v) is 5.41. The highest BCUT2D eigenvalue weighted by Gasteiger charge is 2.20. The maximum Gasteiger partial charge on any atom is 0.161 e. The highest BCUT2D eigenvalue weighted by Crippen LogP contribution is 2.26. The minimum Gasteiger partial charge on any atom is -0.490 e. The minimum atomic E-state index is 0.648. The van der Waals surface area contributed by atoms with Crippen LogP contribution >= 0.6 is 0 Å². The van der Waals surface area contributed by atoms with Crippen molar-refractivity contribution >= 4 is 0 Å². The van der Waals surface area contributed by atoms with E-state index in [1.807, 2.05) is 31.2 Å². The molecule has 1 aliphatic rings. The molecular weight excluding hydrogens is 264 g/mol. The molecule has 0 spiro atoms. The molecule has 21 heavy (non-hydrogen) atoms. The van der Waals surface area contributed by atoms with Crippen LogP contribution in [0.2, 0.25) is 0 Å². The molecule has 1 fully saturated rings. The molecule has 0 aromatic heterocycles. The molecule has 2 rings (SSSR count). The van der Waals surface area contributed by atoms with E-state index in [1.165, 1.54) is 12.8 Å². The molecule has 1 unspecified atom stereocenters. The smallest absolute Gasteiger partial charge is 0.161 e. The van der Waals surface area contributed by atoms with E-state index in [0.717, 1.165) is 37.7 Å². The number of nitrogens with zero attached hydrogens (tertiary/aromatic N) is 1. The summed E-state index contributed by atoms with van der Waals surface area (Å²) in [6.07, 6.45) is 2.49. The van der Waals surface area contributed by atoms with E-state index in [0.29, 0.717) is 19.3 Å². The van der Waals surface area contributed by atoms with Crippen LogP contribution < -0.4 is 14.8 Å². The van der Waals surface area contributed by atoms with Gasteiger partial charge in [-0.2, -0.15) is 0 Å². The fraction of sp³-hybridized carbons (Fsp3) is 0.647. The van der Waals surface area contributed by atoms with Gasteiger partial charge in [-0.25, -0.2) is 0 Å². The first-order valence-electron chi connectivity index (χ1n) is 8.14. The maximum atomic E-state index is 5.93. The molecule has 0 radical (unpaired) electrons. The van der Waals surface area contributed by atoms with E-state index in [9.17, 15) is 0 Å². The zero-order valence-corrected chi connectivity index (χ0v) is 13.3. The van der Waals surface area contributed by atoms with E-state index < -0.39 is 0 Å². The number of hydrogen-bond acceptors (Lipinski definition) is 4. The summed E-state index contributed by atoms with van der Waals surface area (Å²) in [7, 11) is 0. The van der Waals surface area contributed by atoms with Crippen molar-refractivity contribution in [3.05, 3.63) is 24.3 Å². The van der Waals surface area contributed by atoms with Crippen molar-refractivity contribution < 1.29 is 9.47 Å². The largest absolute Gasteiger partial charge is 0.490 e. The number of nitrogens with one attached hydrogen (secondary N) is 1. The molecule has 1 atom stereocenters. The predicted molar refractivity (Wildman–Crippen MR) is 86.2 cm³/mol. The third kappa shape index (κ3) is 4.90. The lowest BCUT2D eigenvalue weighted by Crippen LogP contribution is -2.52. The first kappa shape index (κ1) is 16.1. The quantitative estimate of drug-likeness (QED) is 0.798. The van der Waals surface area contributed by atoms with Crippen LogP contribution in [0.1, 0.15) is 26.7 Å². The Hall–Kier alpha value is -1.26. The number of para-hydroxylation sites is 2. The van der Waals surface area contributed by atoms with Crippen LogP contribution in [0.5, 0.6) is 11.5 Å². The minimum absolute atomic E-state index is 0.648. The van der Waals surface area contributed by atoms with Crippen LogP contribution in [0.25, 0.3) is 0 Å². The summed E-state index contributed by atoms with van der Waals surface area (Å²) in [5.74, 6) is 1.69. The molecule has 1 heterocycles. The molecule has 1 aromatic rings. The summed E-state index contributed by atoms with van der Waals surface area (Å²) >= 11 is 0. The van der Waals surface area contributed by atoms with Crippen LogP contribution in [0.4, 0.5) is 0 Å². The van der Waals surface area contributed by atoms with Crippen LogP contribution in [0.15, 0.2) is 24.3 Å². The lowest BCUT2D eigenvalue weighted by Gasteiger charge is -2.36. The van der Waals surface area contributed by atoms with Gasteiger partial charge in [-0.1, -0.05) is 25.5 Å². The van der Waals surface area contributed by atoms with E-state index in [2.05, 4.69) is 17.1 Å². The Labute approximate surface area is 128 Å². The number of hydrogen-bond donors (Lipinski definition) is 1. The van der Waals surface area contributed by atoms with Gasteiger partial charge in [-0.05, 0) is 25.5 Å². The highest BCUT2D eigenvalue weighted by molar-refractivity contribution is 5.39. The fourth-order valence-electron chi connectivity index (χ4n) is 2.83. The van der Waals surface area contributed by atoms with Crippen molar-refractivity contribution in [1.82, 2.24) is 10.2 Å². The van der Waals surface area contributed by atoms with Crippen LogP contribution in [0, 0.1) is 0 Å². The predicted octanol–water partition coefficient (Wildman–Crippen LogP) is 2.54. The molecule has 4 nitrogen and oxygen atoms in total. The maximum absolute atomic E-state index is 5.93. The molecule has 0 bridgehead atoms. The number of ether oxygens (including phenoxy) is 2. The Morgan fingerprint density at radius 2 is 1.95 bits per heavy atom. The molecule has 1 saturated heterocycles. The Morgan fingerprint density at radius 1 is 1.19 bits per heavy atom. The first-order chi connectivity index (χ1) is 10.3. The van der Waals surface area contributed by atoms with Gasteiger partial charge in [-0.15, -0.1) is 0 Å². The molecule has 1 aliphatic heterocycles. The second-order valence-electron chi connectivity index (χ2n) is 5.41. The topological polar surface area (TPSA) is 33.7 Å². The molecule has 118 valence electrons. The van der Waals surface area contributed by atoms with Gasteiger partial charge in [-0.3, -0.25) is 4.90 Å². The fourth-order valence-corrected chi connectivity index (χ4v) is 2.83. The Morgan fingerprint density at radius 3 is 2.67 bits per heavy atom. The second kappa shape index (κ2) is 8.90. The summed E-state index contributed by atoms with van der Waals surface area (Å²) in [6, 6.07) is 8.55. The monoisotopic (exact) mass is 292 g/mol. The summed E-state index contributed by atoms with van der Waals surface area (Å²) in [5, 5.41) is 3.48. The van der Waals surface area contributed by atoms with Gasteiger partial charge in [0.1, 0.15) is 6.61 Å². The third-order valence-corrected chi connectivity index (χ3v) is 3.88. The normalized spacial score (nSPS) is 19.4. The molecular formula is C17H28N2O2. The van der Waals surface area contributed by atoms with Gasteiger partial charge in [0, 0.05) is 32.2 Å². The Balaban J connectivity index is 1.82. The van der Waals surface area contributed by atoms with Gasteiger partial charge in [0.2, 0.25) is 0 Å². The lowest BCUT2D eigenvalue weighted by atomic mass is 10.1. The molecule has 0 aliphatic carbocycles. The van der Waals surface area contributed by atoms with Crippen LogP contribution in [0.3, 0.4) is 0 Å². The standard InChI is InChI=1S/C17H28N2O2/c1-3-7-15-14-18-10-11-19(15)12-13-21-17-9-6-5-8-16(17)20-4-2/h5-6,8-9,15,18H,3-4,7,10-14H2,1-2H3. The summed E-state index contributed by atoms with van der Waals surface area (Å²) in [4.78, 5) is 2.54. The molecule has 4 heteroatoms. The van der Waals surface area contributed by atoms with Crippen molar-refractivity contribution in [2.24, 2.45) is 0 Å². The zero-order valence-electron chi connectivity index (χ0n) is 13.3. The molecule has 1 aromatic carbocycles. The van der Waals surface area contributed by atoms with E-state index in [1.54, 1.807) is 0 Å². The Bertz CT molecular complexity index is 410. The number of benzene rings is 1. The number of piperazine rings is 1. The van der Waals surface area contributed by atoms with Gasteiger partial charge >= 0.3 is 0 Å². The third-order valence-electron chi connectivity index (χ3n) is 3.88. The molecule has 0 amide bonds. The molecule has 1 N–H and O–H groups in total. The molecule has 0 saturated carbocycles. The number of rotatable bonds is 8.